The van der Waals surface area contributed by atoms with Crippen molar-refractivity contribution in [3.8, 4) is 0 Å². The molecule has 1 saturated heterocycles. The second-order valence-corrected chi connectivity index (χ2v) is 7.69. The lowest BCUT2D eigenvalue weighted by atomic mass is 9.93. The largest absolute Gasteiger partial charge is 0.396 e. The van der Waals surface area contributed by atoms with E-state index in [0.717, 1.165) is 23.0 Å². The van der Waals surface area contributed by atoms with Crippen molar-refractivity contribution in [3.63, 3.8) is 0 Å². The first-order chi connectivity index (χ1) is 9.39. The second kappa shape index (κ2) is 5.85. The Bertz CT molecular complexity index is 511. The fourth-order valence-electron chi connectivity index (χ4n) is 2.52. The van der Waals surface area contributed by atoms with Gasteiger partial charge in [-0.1, -0.05) is 13.8 Å². The third-order valence-corrected chi connectivity index (χ3v) is 5.81. The molecule has 4 nitrogen and oxygen atoms in total. The molecule has 112 valence electrons. The number of carbonyl (C=O) groups excluding carboxylic acids is 1. The topological polar surface area (TPSA) is 58.4 Å². The van der Waals surface area contributed by atoms with Crippen LogP contribution in [0.5, 0.6) is 0 Å². The minimum atomic E-state index is -0.0602. The third kappa shape index (κ3) is 2.91. The molecule has 0 bridgehead atoms. The first kappa shape index (κ1) is 15.5. The fraction of sp³-hybridized carbons (Fsp3) is 0.643. The Kier molecular flexibility index (Phi) is 4.54. The van der Waals surface area contributed by atoms with Crippen LogP contribution in [0.15, 0.2) is 4.90 Å². The SMILES string of the molecule is CCNC(=O)c1sc(N2CCC(C)(C)C2)c(SC)c1N. The molecule has 0 aromatic carbocycles. The Hall–Kier alpha value is -0.880. The van der Waals surface area contributed by atoms with E-state index < -0.39 is 0 Å². The monoisotopic (exact) mass is 313 g/mol. The predicted molar refractivity (Wildman–Crippen MR) is 89.1 cm³/mol. The van der Waals surface area contributed by atoms with E-state index in [9.17, 15) is 4.79 Å². The number of rotatable bonds is 4. The number of hydrogen-bond donors (Lipinski definition) is 2. The predicted octanol–water partition coefficient (Wildman–Crippen LogP) is 3.04. The minimum absolute atomic E-state index is 0.0602. The smallest absolute Gasteiger partial charge is 0.263 e. The summed E-state index contributed by atoms with van der Waals surface area (Å²) in [7, 11) is 0. The van der Waals surface area contributed by atoms with Gasteiger partial charge in [0.05, 0.1) is 10.6 Å². The molecule has 3 N–H and O–H groups in total. The highest BCUT2D eigenvalue weighted by molar-refractivity contribution is 7.99. The normalized spacial score (nSPS) is 17.5. The van der Waals surface area contributed by atoms with Gasteiger partial charge in [0.1, 0.15) is 9.88 Å². The number of nitrogens with one attached hydrogen (secondary N) is 1. The van der Waals surface area contributed by atoms with E-state index in [4.69, 9.17) is 5.73 Å². The molecule has 0 saturated carbocycles. The van der Waals surface area contributed by atoms with E-state index in [2.05, 4.69) is 24.1 Å². The molecular weight excluding hydrogens is 290 g/mol. The van der Waals surface area contributed by atoms with Crippen LogP contribution in [-0.2, 0) is 0 Å². The minimum Gasteiger partial charge on any atom is -0.396 e. The van der Waals surface area contributed by atoms with Crippen molar-refractivity contribution in [1.29, 1.82) is 0 Å². The van der Waals surface area contributed by atoms with E-state index in [-0.39, 0.29) is 5.91 Å². The number of amides is 1. The molecule has 0 spiro atoms. The summed E-state index contributed by atoms with van der Waals surface area (Å²) in [6.07, 6.45) is 3.19. The molecule has 0 aliphatic carbocycles. The molecule has 1 amide bonds. The van der Waals surface area contributed by atoms with Crippen molar-refractivity contribution >= 4 is 39.7 Å². The van der Waals surface area contributed by atoms with Crippen LogP contribution < -0.4 is 16.0 Å². The number of thioether (sulfide) groups is 1. The molecule has 2 rings (SSSR count). The maximum Gasteiger partial charge on any atom is 0.263 e. The number of nitrogen functional groups attached to an aromatic ring is 1. The molecule has 2 heterocycles. The van der Waals surface area contributed by atoms with Gasteiger partial charge in [-0.25, -0.2) is 0 Å². The van der Waals surface area contributed by atoms with Crippen LogP contribution in [0.4, 0.5) is 10.7 Å². The Labute approximate surface area is 129 Å². The lowest BCUT2D eigenvalue weighted by molar-refractivity contribution is 0.0960. The van der Waals surface area contributed by atoms with Gasteiger partial charge < -0.3 is 16.0 Å². The number of nitrogens with two attached hydrogens (primary N) is 1. The Balaban J connectivity index is 2.34. The van der Waals surface area contributed by atoms with Crippen LogP contribution in [0.1, 0.15) is 36.9 Å². The molecule has 0 unspecified atom stereocenters. The van der Waals surface area contributed by atoms with Crippen LogP contribution in [-0.4, -0.2) is 31.8 Å². The Morgan fingerprint density at radius 1 is 1.55 bits per heavy atom. The van der Waals surface area contributed by atoms with Gasteiger partial charge in [0.2, 0.25) is 0 Å². The van der Waals surface area contributed by atoms with Gasteiger partial charge in [-0.2, -0.15) is 0 Å². The van der Waals surface area contributed by atoms with Crippen molar-refractivity contribution in [3.05, 3.63) is 4.88 Å². The summed E-state index contributed by atoms with van der Waals surface area (Å²) < 4.78 is 0. The second-order valence-electron chi connectivity index (χ2n) is 5.88. The lowest BCUT2D eigenvalue weighted by Gasteiger charge is -2.21. The zero-order valence-corrected chi connectivity index (χ0v) is 14.2. The number of thiophene rings is 1. The molecule has 1 aromatic heterocycles. The van der Waals surface area contributed by atoms with Crippen LogP contribution in [0.25, 0.3) is 0 Å². The maximum absolute atomic E-state index is 12.1. The third-order valence-electron chi connectivity index (χ3n) is 3.59. The summed E-state index contributed by atoms with van der Waals surface area (Å²) >= 11 is 3.15. The zero-order chi connectivity index (χ0) is 14.9. The molecular formula is C14H23N3OS2. The summed E-state index contributed by atoms with van der Waals surface area (Å²) in [4.78, 5) is 16.2. The van der Waals surface area contributed by atoms with Gasteiger partial charge in [-0.05, 0) is 25.0 Å². The molecule has 1 aliphatic rings. The van der Waals surface area contributed by atoms with Gasteiger partial charge in [0, 0.05) is 19.6 Å². The Morgan fingerprint density at radius 3 is 2.75 bits per heavy atom. The highest BCUT2D eigenvalue weighted by Crippen LogP contribution is 2.46. The van der Waals surface area contributed by atoms with Gasteiger partial charge >= 0.3 is 0 Å². The molecule has 0 atom stereocenters. The zero-order valence-electron chi connectivity index (χ0n) is 12.6. The van der Waals surface area contributed by atoms with Crippen LogP contribution in [0, 0.1) is 5.41 Å². The summed E-state index contributed by atoms with van der Waals surface area (Å²) in [5.74, 6) is -0.0602. The van der Waals surface area contributed by atoms with E-state index in [1.54, 1.807) is 11.8 Å². The van der Waals surface area contributed by atoms with E-state index in [0.29, 0.717) is 22.5 Å². The quantitative estimate of drug-likeness (QED) is 0.839. The number of carbonyl (C=O) groups is 1. The number of nitrogens with zero attached hydrogens (tertiary/aromatic N) is 1. The molecule has 6 heteroatoms. The molecule has 0 radical (unpaired) electrons. The van der Waals surface area contributed by atoms with Crippen molar-refractivity contribution < 1.29 is 4.79 Å². The van der Waals surface area contributed by atoms with Crippen molar-refractivity contribution in [1.82, 2.24) is 5.32 Å². The maximum atomic E-state index is 12.1. The lowest BCUT2D eigenvalue weighted by Crippen LogP contribution is -2.22. The van der Waals surface area contributed by atoms with Crippen molar-refractivity contribution in [2.75, 3.05) is 36.5 Å². The van der Waals surface area contributed by atoms with E-state index in [1.807, 2.05) is 13.2 Å². The average molecular weight is 313 g/mol. The van der Waals surface area contributed by atoms with Crippen LogP contribution >= 0.6 is 23.1 Å². The van der Waals surface area contributed by atoms with E-state index >= 15 is 0 Å². The summed E-state index contributed by atoms with van der Waals surface area (Å²) in [6, 6.07) is 0. The molecule has 1 aliphatic heterocycles. The van der Waals surface area contributed by atoms with Gasteiger partial charge in [0.15, 0.2) is 0 Å². The summed E-state index contributed by atoms with van der Waals surface area (Å²) in [5, 5.41) is 3.99. The van der Waals surface area contributed by atoms with Crippen molar-refractivity contribution in [2.45, 2.75) is 32.1 Å². The van der Waals surface area contributed by atoms with Crippen molar-refractivity contribution in [2.24, 2.45) is 5.41 Å². The van der Waals surface area contributed by atoms with Gasteiger partial charge in [-0.15, -0.1) is 23.1 Å². The molecule has 1 fully saturated rings. The van der Waals surface area contributed by atoms with E-state index in [1.165, 1.54) is 17.8 Å². The first-order valence-electron chi connectivity index (χ1n) is 6.89. The summed E-state index contributed by atoms with van der Waals surface area (Å²) in [6.45, 7) is 9.17. The fourth-order valence-corrected chi connectivity index (χ4v) is 4.64. The molecule has 1 aromatic rings. The number of anilines is 2. The highest BCUT2D eigenvalue weighted by atomic mass is 32.2. The number of hydrogen-bond acceptors (Lipinski definition) is 5. The molecule has 20 heavy (non-hydrogen) atoms. The average Bonchev–Trinajstić information content (AvgIpc) is 2.89. The Morgan fingerprint density at radius 2 is 2.25 bits per heavy atom. The van der Waals surface area contributed by atoms with Gasteiger partial charge in [-0.3, -0.25) is 4.79 Å². The summed E-state index contributed by atoms with van der Waals surface area (Å²) in [5.41, 5.74) is 7.15. The van der Waals surface area contributed by atoms with Crippen LogP contribution in [0.2, 0.25) is 0 Å². The van der Waals surface area contributed by atoms with Gasteiger partial charge in [0.25, 0.3) is 5.91 Å². The highest BCUT2D eigenvalue weighted by Gasteiger charge is 2.33. The first-order valence-corrected chi connectivity index (χ1v) is 8.93. The van der Waals surface area contributed by atoms with Crippen LogP contribution in [0.3, 0.4) is 0 Å². The standard InChI is InChI=1S/C14H23N3OS2/c1-5-16-12(18)10-9(15)11(19-4)13(20-10)17-7-6-14(2,3)8-17/h5-8,15H2,1-4H3,(H,16,18).